The van der Waals surface area contributed by atoms with Gasteiger partial charge >= 0.3 is 0 Å². The monoisotopic (exact) mass is 494 g/mol. The molecule has 1 aliphatic rings. The van der Waals surface area contributed by atoms with Crippen LogP contribution in [0.5, 0.6) is 5.75 Å². The van der Waals surface area contributed by atoms with Gasteiger partial charge in [-0.15, -0.1) is 22.7 Å². The summed E-state index contributed by atoms with van der Waals surface area (Å²) in [6.07, 6.45) is 3.76. The summed E-state index contributed by atoms with van der Waals surface area (Å²) in [6, 6.07) is 11.9. The topological polar surface area (TPSA) is 76.5 Å². The second kappa shape index (κ2) is 10.1. The molecule has 1 N–H and O–H groups in total. The van der Waals surface area contributed by atoms with E-state index < -0.39 is 0 Å². The number of fused-ring (bicyclic) bond motifs is 1. The summed E-state index contributed by atoms with van der Waals surface area (Å²) in [6.45, 7) is 2.35. The molecule has 4 heterocycles. The third kappa shape index (κ3) is 4.51. The molecule has 176 valence electrons. The van der Waals surface area contributed by atoms with Crippen LogP contribution in [0, 0.1) is 0 Å². The zero-order chi connectivity index (χ0) is 23.5. The average molecular weight is 495 g/mol. The van der Waals surface area contributed by atoms with Crippen LogP contribution in [-0.2, 0) is 11.3 Å². The van der Waals surface area contributed by atoms with E-state index in [1.807, 2.05) is 41.1 Å². The number of hydrogen-bond donors (Lipinski definition) is 1. The molecule has 0 saturated carbocycles. The Hall–Kier alpha value is -3.01. The zero-order valence-corrected chi connectivity index (χ0v) is 20.5. The summed E-state index contributed by atoms with van der Waals surface area (Å²) in [4.78, 5) is 34.7. The van der Waals surface area contributed by atoms with Gasteiger partial charge in [-0.2, -0.15) is 0 Å². The van der Waals surface area contributed by atoms with Crippen molar-refractivity contribution in [2.24, 2.45) is 0 Å². The Kier molecular flexibility index (Phi) is 6.75. The molecule has 34 heavy (non-hydrogen) atoms. The fourth-order valence-electron chi connectivity index (χ4n) is 4.55. The highest BCUT2D eigenvalue weighted by atomic mass is 32.1. The van der Waals surface area contributed by atoms with Crippen LogP contribution in [0.4, 0.5) is 0 Å². The molecule has 1 amide bonds. The first kappa shape index (κ1) is 22.8. The first-order chi connectivity index (χ1) is 16.7. The highest BCUT2D eigenvalue weighted by Gasteiger charge is 2.26. The molecule has 1 aliphatic heterocycles. The fraction of sp³-hybridized carbons (Fsp3) is 0.320. The molecule has 5 rings (SSSR count). The fourth-order valence-corrected chi connectivity index (χ4v) is 6.27. The lowest BCUT2D eigenvalue weighted by atomic mass is 10.0. The van der Waals surface area contributed by atoms with E-state index in [-0.39, 0.29) is 24.1 Å². The summed E-state index contributed by atoms with van der Waals surface area (Å²) in [5.74, 6) is 0.605. The maximum Gasteiger partial charge on any atom is 0.263 e. The minimum absolute atomic E-state index is 0.0160. The van der Waals surface area contributed by atoms with E-state index in [1.54, 1.807) is 18.4 Å². The molecule has 1 saturated heterocycles. The minimum atomic E-state index is -0.213. The van der Waals surface area contributed by atoms with Gasteiger partial charge in [-0.05, 0) is 43.4 Å². The number of para-hydroxylation sites is 1. The summed E-state index contributed by atoms with van der Waals surface area (Å²) in [5, 5.41) is 7.57. The Balaban J connectivity index is 1.35. The van der Waals surface area contributed by atoms with E-state index in [0.717, 1.165) is 47.7 Å². The molecule has 1 atom stereocenters. The van der Waals surface area contributed by atoms with E-state index in [9.17, 15) is 9.59 Å². The smallest absolute Gasteiger partial charge is 0.263 e. The highest BCUT2D eigenvalue weighted by molar-refractivity contribution is 7.18. The van der Waals surface area contributed by atoms with Crippen LogP contribution in [0.15, 0.2) is 58.3 Å². The number of amides is 1. The normalized spacial score (nSPS) is 15.0. The van der Waals surface area contributed by atoms with Crippen molar-refractivity contribution in [1.82, 2.24) is 19.8 Å². The van der Waals surface area contributed by atoms with Crippen molar-refractivity contribution < 1.29 is 9.53 Å². The Morgan fingerprint density at radius 3 is 2.76 bits per heavy atom. The quantitative estimate of drug-likeness (QED) is 0.398. The summed E-state index contributed by atoms with van der Waals surface area (Å²) < 4.78 is 6.99. The lowest BCUT2D eigenvalue weighted by Crippen LogP contribution is -2.39. The van der Waals surface area contributed by atoms with Crippen molar-refractivity contribution in [3.8, 4) is 16.2 Å². The number of hydrogen-bond acceptors (Lipinski definition) is 7. The van der Waals surface area contributed by atoms with Gasteiger partial charge in [-0.3, -0.25) is 19.1 Å². The van der Waals surface area contributed by atoms with Crippen molar-refractivity contribution in [3.63, 3.8) is 0 Å². The maximum atomic E-state index is 13.2. The lowest BCUT2D eigenvalue weighted by Gasteiger charge is -2.29. The number of rotatable bonds is 8. The molecule has 0 spiro atoms. The van der Waals surface area contributed by atoms with Crippen LogP contribution >= 0.6 is 22.7 Å². The van der Waals surface area contributed by atoms with E-state index >= 15 is 0 Å². The molecule has 3 aromatic heterocycles. The maximum absolute atomic E-state index is 13.2. The number of thiophene rings is 2. The van der Waals surface area contributed by atoms with Crippen LogP contribution in [-0.4, -0.2) is 47.1 Å². The van der Waals surface area contributed by atoms with Crippen LogP contribution in [0.3, 0.4) is 0 Å². The van der Waals surface area contributed by atoms with Gasteiger partial charge < -0.3 is 10.1 Å². The van der Waals surface area contributed by atoms with Crippen LogP contribution in [0.2, 0.25) is 0 Å². The van der Waals surface area contributed by atoms with Crippen LogP contribution < -0.4 is 15.6 Å². The predicted octanol–water partition coefficient (Wildman–Crippen LogP) is 4.15. The van der Waals surface area contributed by atoms with Gasteiger partial charge in [0, 0.05) is 27.9 Å². The van der Waals surface area contributed by atoms with E-state index in [4.69, 9.17) is 4.74 Å². The summed E-state index contributed by atoms with van der Waals surface area (Å²) >= 11 is 3.03. The molecule has 0 bridgehead atoms. The number of methoxy groups -OCH3 is 1. The highest BCUT2D eigenvalue weighted by Crippen LogP contribution is 2.33. The molecule has 1 aromatic carbocycles. The van der Waals surface area contributed by atoms with Crippen molar-refractivity contribution in [2.75, 3.05) is 26.7 Å². The molecule has 7 nitrogen and oxygen atoms in total. The number of aromatic nitrogens is 2. The van der Waals surface area contributed by atoms with Crippen molar-refractivity contribution >= 4 is 38.8 Å². The first-order valence-corrected chi connectivity index (χ1v) is 13.1. The first-order valence-electron chi connectivity index (χ1n) is 11.3. The van der Waals surface area contributed by atoms with Crippen molar-refractivity contribution in [3.05, 3.63) is 69.4 Å². The lowest BCUT2D eigenvalue weighted by molar-refractivity contribution is -0.122. The van der Waals surface area contributed by atoms with Gasteiger partial charge in [0.05, 0.1) is 24.9 Å². The van der Waals surface area contributed by atoms with E-state index in [1.165, 1.54) is 22.2 Å². The number of carbonyl (C=O) groups excluding carboxylic acids is 1. The summed E-state index contributed by atoms with van der Waals surface area (Å²) in [7, 11) is 1.67. The standard InChI is InChI=1S/C25H26N4O3S2/c1-32-20-8-3-2-7-17(20)19(28-10-4-5-11-28)13-26-22(30)14-29-16-27-24-23(25(29)31)18(15-34-24)21-9-6-12-33-21/h2-3,6-9,12,15-16,19H,4-5,10-11,13-14H2,1H3,(H,26,30)/t19-/m0/s1. The second-order valence-corrected chi connectivity index (χ2v) is 10.1. The zero-order valence-electron chi connectivity index (χ0n) is 18.9. The molecule has 9 heteroatoms. The van der Waals surface area contributed by atoms with Crippen LogP contribution in [0.25, 0.3) is 20.7 Å². The van der Waals surface area contributed by atoms with Gasteiger partial charge in [0.25, 0.3) is 5.56 Å². The van der Waals surface area contributed by atoms with Gasteiger partial charge in [0.15, 0.2) is 0 Å². The summed E-state index contributed by atoms with van der Waals surface area (Å²) in [5.41, 5.74) is 1.75. The molecule has 0 unspecified atom stereocenters. The van der Waals surface area contributed by atoms with Gasteiger partial charge in [0.1, 0.15) is 17.1 Å². The third-order valence-electron chi connectivity index (χ3n) is 6.23. The van der Waals surface area contributed by atoms with Gasteiger partial charge in [-0.1, -0.05) is 24.3 Å². The second-order valence-electron chi connectivity index (χ2n) is 8.29. The number of ether oxygens (including phenoxy) is 1. The molecule has 1 fully saturated rings. The number of carbonyl (C=O) groups is 1. The third-order valence-corrected chi connectivity index (χ3v) is 8.02. The molecule has 0 radical (unpaired) electrons. The van der Waals surface area contributed by atoms with E-state index in [0.29, 0.717) is 16.8 Å². The average Bonchev–Trinajstić information content (AvgIpc) is 3.63. The molecule has 4 aromatic rings. The molecular weight excluding hydrogens is 468 g/mol. The Bertz CT molecular complexity index is 1340. The van der Waals surface area contributed by atoms with Crippen molar-refractivity contribution in [2.45, 2.75) is 25.4 Å². The van der Waals surface area contributed by atoms with Crippen LogP contribution in [0.1, 0.15) is 24.4 Å². The minimum Gasteiger partial charge on any atom is -0.496 e. The SMILES string of the molecule is COc1ccccc1[C@H](CNC(=O)Cn1cnc2scc(-c3cccs3)c2c1=O)N1CCCC1. The number of nitrogens with zero attached hydrogens (tertiary/aromatic N) is 3. The van der Waals surface area contributed by atoms with Gasteiger partial charge in [0.2, 0.25) is 5.91 Å². The predicted molar refractivity (Wildman–Crippen MR) is 137 cm³/mol. The molecular formula is C25H26N4O3S2. The number of benzene rings is 1. The number of likely N-dealkylation sites (tertiary alicyclic amines) is 1. The Morgan fingerprint density at radius 2 is 2.00 bits per heavy atom. The Labute approximate surface area is 205 Å². The Morgan fingerprint density at radius 1 is 1.18 bits per heavy atom. The van der Waals surface area contributed by atoms with Crippen molar-refractivity contribution in [1.29, 1.82) is 0 Å². The van der Waals surface area contributed by atoms with E-state index in [2.05, 4.69) is 21.3 Å². The van der Waals surface area contributed by atoms with Gasteiger partial charge in [-0.25, -0.2) is 4.98 Å². The number of nitrogens with one attached hydrogen (secondary N) is 1. The largest absolute Gasteiger partial charge is 0.496 e. The molecule has 0 aliphatic carbocycles.